The molecule has 0 aliphatic heterocycles. The number of hydrogen-bond donors (Lipinski definition) is 0. The van der Waals surface area contributed by atoms with Crippen molar-refractivity contribution < 1.29 is 0 Å². The molecule has 0 bridgehead atoms. The van der Waals surface area contributed by atoms with Crippen LogP contribution in [0, 0.1) is 0 Å². The summed E-state index contributed by atoms with van der Waals surface area (Å²) in [6.07, 6.45) is 4.71. The molecule has 0 saturated carbocycles. The standard InChI is InChI=1S/C21H19ClN4S2/c1-12(2)11-27-21-25-24-19-17-14-8-4-6-10-16(14)28-20(17)23-18(26(19)21)13-7-3-5-9-15(13)22/h3,5,7,9H,1,4,6,8,10-11H2,2H3. The van der Waals surface area contributed by atoms with Crippen LogP contribution in [-0.4, -0.2) is 25.3 Å². The summed E-state index contributed by atoms with van der Waals surface area (Å²) in [6, 6.07) is 7.84. The number of halogens is 1. The van der Waals surface area contributed by atoms with Crippen LogP contribution in [0.4, 0.5) is 0 Å². The van der Waals surface area contributed by atoms with Crippen molar-refractivity contribution in [2.75, 3.05) is 5.75 Å². The van der Waals surface area contributed by atoms with E-state index in [1.807, 2.05) is 31.2 Å². The Morgan fingerprint density at radius 3 is 2.89 bits per heavy atom. The molecule has 0 unspecified atom stereocenters. The van der Waals surface area contributed by atoms with E-state index >= 15 is 0 Å². The third-order valence-electron chi connectivity index (χ3n) is 4.99. The Kier molecular flexibility index (Phi) is 4.65. The van der Waals surface area contributed by atoms with Gasteiger partial charge in [-0.3, -0.25) is 4.40 Å². The Morgan fingerprint density at radius 2 is 2.07 bits per heavy atom. The molecule has 3 heterocycles. The fourth-order valence-corrected chi connectivity index (χ4v) is 5.99. The van der Waals surface area contributed by atoms with Gasteiger partial charge in [0.2, 0.25) is 0 Å². The van der Waals surface area contributed by atoms with Crippen molar-refractivity contribution in [3.05, 3.63) is 51.9 Å². The highest BCUT2D eigenvalue weighted by Crippen LogP contribution is 2.40. The molecule has 0 saturated heterocycles. The van der Waals surface area contributed by atoms with Gasteiger partial charge in [0.1, 0.15) is 4.83 Å². The van der Waals surface area contributed by atoms with Crippen LogP contribution in [0.3, 0.4) is 0 Å². The lowest BCUT2D eigenvalue weighted by Crippen LogP contribution is -2.02. The largest absolute Gasteiger partial charge is 0.253 e. The van der Waals surface area contributed by atoms with Gasteiger partial charge in [-0.1, -0.05) is 47.6 Å². The zero-order valence-corrected chi connectivity index (χ0v) is 17.9. The van der Waals surface area contributed by atoms with Gasteiger partial charge < -0.3 is 0 Å². The van der Waals surface area contributed by atoms with Crippen LogP contribution in [0.5, 0.6) is 0 Å². The fourth-order valence-electron chi connectivity index (χ4n) is 3.73. The predicted molar refractivity (Wildman–Crippen MR) is 119 cm³/mol. The average molecular weight is 427 g/mol. The van der Waals surface area contributed by atoms with Crippen LogP contribution in [0.25, 0.3) is 27.3 Å². The smallest absolute Gasteiger partial charge is 0.197 e. The summed E-state index contributed by atoms with van der Waals surface area (Å²) >= 11 is 9.99. The van der Waals surface area contributed by atoms with Crippen molar-refractivity contribution >= 4 is 50.6 Å². The van der Waals surface area contributed by atoms with Crippen LogP contribution in [0.2, 0.25) is 5.02 Å². The molecule has 0 atom stereocenters. The van der Waals surface area contributed by atoms with Crippen molar-refractivity contribution in [3.8, 4) is 11.4 Å². The number of nitrogens with zero attached hydrogens (tertiary/aromatic N) is 4. The number of thioether (sulfide) groups is 1. The molecule has 0 radical (unpaired) electrons. The molecular formula is C21H19ClN4S2. The van der Waals surface area contributed by atoms with E-state index in [0.717, 1.165) is 51.2 Å². The molecule has 0 amide bonds. The molecule has 28 heavy (non-hydrogen) atoms. The molecule has 142 valence electrons. The topological polar surface area (TPSA) is 43.1 Å². The number of aromatic nitrogens is 4. The minimum absolute atomic E-state index is 0.682. The van der Waals surface area contributed by atoms with E-state index in [-0.39, 0.29) is 0 Å². The van der Waals surface area contributed by atoms with Gasteiger partial charge >= 0.3 is 0 Å². The summed E-state index contributed by atoms with van der Waals surface area (Å²) < 4.78 is 2.08. The lowest BCUT2D eigenvalue weighted by Gasteiger charge is -2.12. The van der Waals surface area contributed by atoms with Gasteiger partial charge in [0, 0.05) is 16.2 Å². The number of thiophene rings is 1. The highest BCUT2D eigenvalue weighted by atomic mass is 35.5. The third kappa shape index (κ3) is 2.95. The quantitative estimate of drug-likeness (QED) is 0.287. The Labute approximate surface area is 176 Å². The fraction of sp³-hybridized carbons (Fsp3) is 0.286. The number of fused-ring (bicyclic) bond motifs is 5. The first-order valence-corrected chi connectivity index (χ1v) is 11.5. The molecule has 4 nitrogen and oxygen atoms in total. The van der Waals surface area contributed by atoms with Gasteiger partial charge in [0.05, 0.1) is 10.4 Å². The number of hydrogen-bond acceptors (Lipinski definition) is 5. The summed E-state index contributed by atoms with van der Waals surface area (Å²) in [7, 11) is 0. The van der Waals surface area contributed by atoms with Crippen LogP contribution in [0.15, 0.2) is 41.6 Å². The molecule has 1 aliphatic carbocycles. The molecular weight excluding hydrogens is 408 g/mol. The minimum atomic E-state index is 0.682. The molecule has 0 fully saturated rings. The zero-order chi connectivity index (χ0) is 19.3. The van der Waals surface area contributed by atoms with Crippen LogP contribution < -0.4 is 0 Å². The molecule has 0 spiro atoms. The van der Waals surface area contributed by atoms with Crippen LogP contribution in [-0.2, 0) is 12.8 Å². The molecule has 5 rings (SSSR count). The van der Waals surface area contributed by atoms with Gasteiger partial charge in [-0.2, -0.15) is 0 Å². The van der Waals surface area contributed by atoms with Crippen molar-refractivity contribution in [2.24, 2.45) is 0 Å². The molecule has 3 aromatic heterocycles. The summed E-state index contributed by atoms with van der Waals surface area (Å²) in [5.74, 6) is 1.60. The Morgan fingerprint density at radius 1 is 1.25 bits per heavy atom. The first-order chi connectivity index (χ1) is 13.6. The summed E-state index contributed by atoms with van der Waals surface area (Å²) in [5.41, 5.74) is 4.31. The highest BCUT2D eigenvalue weighted by molar-refractivity contribution is 7.99. The normalized spacial score (nSPS) is 13.9. The second-order valence-electron chi connectivity index (χ2n) is 7.19. The van der Waals surface area contributed by atoms with Gasteiger partial charge in [-0.05, 0) is 50.3 Å². The van der Waals surface area contributed by atoms with Crippen molar-refractivity contribution in [3.63, 3.8) is 0 Å². The third-order valence-corrected chi connectivity index (χ3v) is 7.67. The summed E-state index contributed by atoms with van der Waals surface area (Å²) in [6.45, 7) is 6.04. The molecule has 1 aliphatic rings. The first-order valence-electron chi connectivity index (χ1n) is 9.35. The van der Waals surface area contributed by atoms with Crippen LogP contribution in [0.1, 0.15) is 30.2 Å². The van der Waals surface area contributed by atoms with Gasteiger partial charge in [-0.15, -0.1) is 21.5 Å². The Hall–Kier alpha value is -1.89. The predicted octanol–water partition coefficient (Wildman–Crippen LogP) is 6.21. The maximum absolute atomic E-state index is 6.55. The molecule has 1 aromatic carbocycles. The second kappa shape index (κ2) is 7.17. The molecule has 4 aromatic rings. The number of aryl methyl sites for hydroxylation is 2. The highest BCUT2D eigenvalue weighted by Gasteiger charge is 2.24. The average Bonchev–Trinajstić information content (AvgIpc) is 3.27. The molecule has 0 N–H and O–H groups in total. The lowest BCUT2D eigenvalue weighted by molar-refractivity contribution is 0.700. The number of benzene rings is 1. The van der Waals surface area contributed by atoms with E-state index in [4.69, 9.17) is 16.6 Å². The van der Waals surface area contributed by atoms with Gasteiger partial charge in [-0.25, -0.2) is 4.98 Å². The first kappa shape index (κ1) is 18.2. The maximum atomic E-state index is 6.55. The van der Waals surface area contributed by atoms with Crippen LogP contribution >= 0.6 is 34.7 Å². The Bertz CT molecular complexity index is 1220. The van der Waals surface area contributed by atoms with Crippen molar-refractivity contribution in [1.29, 1.82) is 0 Å². The number of rotatable bonds is 4. The Balaban J connectivity index is 1.84. The lowest BCUT2D eigenvalue weighted by atomic mass is 9.97. The second-order valence-corrected chi connectivity index (χ2v) is 9.63. The van der Waals surface area contributed by atoms with Crippen molar-refractivity contribution in [1.82, 2.24) is 19.6 Å². The zero-order valence-electron chi connectivity index (χ0n) is 15.5. The van der Waals surface area contributed by atoms with E-state index in [0.29, 0.717) is 5.02 Å². The van der Waals surface area contributed by atoms with E-state index < -0.39 is 0 Å². The SMILES string of the molecule is C=C(C)CSc1nnc2c3c4c(sc3nc(-c3ccccc3Cl)n12)CCCC4. The van der Waals surface area contributed by atoms with E-state index in [1.54, 1.807) is 23.1 Å². The maximum Gasteiger partial charge on any atom is 0.197 e. The van der Waals surface area contributed by atoms with E-state index in [1.165, 1.54) is 28.7 Å². The summed E-state index contributed by atoms with van der Waals surface area (Å²) in [4.78, 5) is 7.57. The van der Waals surface area contributed by atoms with E-state index in [9.17, 15) is 0 Å². The van der Waals surface area contributed by atoms with Gasteiger partial charge in [0.25, 0.3) is 0 Å². The summed E-state index contributed by atoms with van der Waals surface area (Å²) in [5, 5.41) is 11.8. The van der Waals surface area contributed by atoms with Gasteiger partial charge in [0.15, 0.2) is 16.6 Å². The minimum Gasteiger partial charge on any atom is -0.253 e. The van der Waals surface area contributed by atoms with E-state index in [2.05, 4.69) is 21.2 Å². The monoisotopic (exact) mass is 426 g/mol. The molecule has 7 heteroatoms. The van der Waals surface area contributed by atoms with Crippen molar-refractivity contribution in [2.45, 2.75) is 37.8 Å².